The van der Waals surface area contributed by atoms with Crippen LogP contribution >= 0.6 is 12.2 Å². The van der Waals surface area contributed by atoms with Gasteiger partial charge in [-0.2, -0.15) is 5.10 Å². The fraction of sp³-hybridized carbons (Fsp3) is 0.0741. The normalized spacial score (nSPS) is 15.1. The van der Waals surface area contributed by atoms with E-state index in [0.29, 0.717) is 27.8 Å². The monoisotopic (exact) mass is 510 g/mol. The predicted molar refractivity (Wildman–Crippen MR) is 145 cm³/mol. The number of hydrogen-bond donors (Lipinski definition) is 3. The van der Waals surface area contributed by atoms with Crippen molar-refractivity contribution in [2.24, 2.45) is 0 Å². The van der Waals surface area contributed by atoms with Crippen LogP contribution in [0.1, 0.15) is 18.5 Å². The van der Waals surface area contributed by atoms with Gasteiger partial charge in [-0.15, -0.1) is 0 Å². The average Bonchev–Trinajstić information content (AvgIpc) is 3.35. The number of hydrogen-bond acceptors (Lipinski definition) is 5. The number of thiocarbonyl (C=S) groups is 1. The lowest BCUT2D eigenvalue weighted by Gasteiger charge is -2.30. The Morgan fingerprint density at radius 3 is 2.32 bits per heavy atom. The van der Waals surface area contributed by atoms with Gasteiger partial charge >= 0.3 is 0 Å². The van der Waals surface area contributed by atoms with Crippen LogP contribution in [0.4, 0.5) is 11.4 Å². The van der Waals surface area contributed by atoms with Crippen LogP contribution in [0, 0.1) is 10.1 Å². The Hall–Kier alpha value is -4.83. The molecule has 3 aromatic carbocycles. The lowest BCUT2D eigenvalue weighted by Crippen LogP contribution is -2.45. The number of nitrogens with one attached hydrogen (secondary N) is 3. The summed E-state index contributed by atoms with van der Waals surface area (Å²) in [7, 11) is 0. The van der Waals surface area contributed by atoms with Gasteiger partial charge in [0.05, 0.1) is 27.9 Å². The molecule has 0 aliphatic carbocycles. The van der Waals surface area contributed by atoms with Gasteiger partial charge in [0.2, 0.25) is 0 Å². The van der Waals surface area contributed by atoms with Gasteiger partial charge < -0.3 is 16.0 Å². The Balaban J connectivity index is 1.57. The molecule has 0 saturated heterocycles. The molecular weight excluding hydrogens is 488 g/mol. The minimum absolute atomic E-state index is 0.0570. The van der Waals surface area contributed by atoms with Gasteiger partial charge in [0.25, 0.3) is 11.6 Å². The van der Waals surface area contributed by atoms with E-state index in [1.54, 1.807) is 11.6 Å². The minimum Gasteiger partial charge on any atom is -0.351 e. The van der Waals surface area contributed by atoms with Crippen molar-refractivity contribution in [2.45, 2.75) is 13.0 Å². The first kappa shape index (κ1) is 23.9. The molecule has 184 valence electrons. The van der Waals surface area contributed by atoms with Crippen molar-refractivity contribution in [3.8, 4) is 16.9 Å². The average molecular weight is 511 g/mol. The molecule has 1 atom stereocenters. The second-order valence-corrected chi connectivity index (χ2v) is 8.82. The van der Waals surface area contributed by atoms with Gasteiger partial charge in [-0.3, -0.25) is 14.9 Å². The first-order valence-corrected chi connectivity index (χ1v) is 11.9. The third-order valence-electron chi connectivity index (χ3n) is 5.97. The van der Waals surface area contributed by atoms with Crippen LogP contribution in [0.3, 0.4) is 0 Å². The molecule has 0 bridgehead atoms. The van der Waals surface area contributed by atoms with Crippen molar-refractivity contribution >= 4 is 34.6 Å². The van der Waals surface area contributed by atoms with Gasteiger partial charge in [0, 0.05) is 40.8 Å². The molecule has 0 radical (unpaired) electrons. The number of non-ortho nitro benzene ring substituents is 1. The van der Waals surface area contributed by atoms with Crippen LogP contribution in [0.5, 0.6) is 0 Å². The molecule has 3 N–H and O–H groups in total. The van der Waals surface area contributed by atoms with Crippen molar-refractivity contribution in [2.75, 3.05) is 5.32 Å². The number of anilines is 1. The second kappa shape index (κ2) is 10.0. The summed E-state index contributed by atoms with van der Waals surface area (Å²) >= 11 is 5.45. The molecule has 0 fully saturated rings. The summed E-state index contributed by atoms with van der Waals surface area (Å²) in [6.45, 7) is 1.79. The van der Waals surface area contributed by atoms with Crippen molar-refractivity contribution in [1.82, 2.24) is 20.4 Å². The highest BCUT2D eigenvalue weighted by Gasteiger charge is 2.33. The van der Waals surface area contributed by atoms with E-state index in [0.717, 1.165) is 16.8 Å². The van der Waals surface area contributed by atoms with E-state index in [9.17, 15) is 14.9 Å². The largest absolute Gasteiger partial charge is 0.351 e. The third kappa shape index (κ3) is 4.95. The molecule has 2 heterocycles. The molecule has 5 rings (SSSR count). The summed E-state index contributed by atoms with van der Waals surface area (Å²) in [5.41, 5.74) is 4.65. The summed E-state index contributed by atoms with van der Waals surface area (Å²) in [4.78, 5) is 24.1. The highest BCUT2D eigenvalue weighted by molar-refractivity contribution is 7.80. The summed E-state index contributed by atoms with van der Waals surface area (Å²) in [6.07, 6.45) is 1.90. The first-order valence-electron chi connectivity index (χ1n) is 11.4. The Labute approximate surface area is 218 Å². The minimum atomic E-state index is -0.598. The fourth-order valence-electron chi connectivity index (χ4n) is 4.22. The van der Waals surface area contributed by atoms with Crippen LogP contribution in [0.25, 0.3) is 16.9 Å². The third-order valence-corrected chi connectivity index (χ3v) is 6.19. The quantitative estimate of drug-likeness (QED) is 0.192. The Morgan fingerprint density at radius 1 is 1.03 bits per heavy atom. The molecular formula is C27H22N6O3S. The van der Waals surface area contributed by atoms with E-state index in [4.69, 9.17) is 17.3 Å². The van der Waals surface area contributed by atoms with E-state index >= 15 is 0 Å². The number of nitro benzene ring substituents is 1. The zero-order chi connectivity index (χ0) is 25.9. The number of carbonyl (C=O) groups excluding carboxylic acids is 1. The molecule has 1 amide bonds. The lowest BCUT2D eigenvalue weighted by molar-refractivity contribution is -0.384. The topological polar surface area (TPSA) is 114 Å². The summed E-state index contributed by atoms with van der Waals surface area (Å²) in [5, 5.41) is 25.4. The second-order valence-electron chi connectivity index (χ2n) is 8.41. The van der Waals surface area contributed by atoms with Gasteiger partial charge in [0.15, 0.2) is 5.11 Å². The Bertz CT molecular complexity index is 1520. The molecule has 1 aromatic heterocycles. The van der Waals surface area contributed by atoms with E-state index in [1.165, 1.54) is 24.3 Å². The molecule has 10 heteroatoms. The number of benzene rings is 3. The maximum atomic E-state index is 13.6. The number of amides is 1. The van der Waals surface area contributed by atoms with Crippen LogP contribution < -0.4 is 16.0 Å². The zero-order valence-electron chi connectivity index (χ0n) is 19.7. The first-order chi connectivity index (χ1) is 17.9. The Kier molecular flexibility index (Phi) is 6.48. The number of aromatic nitrogens is 2. The standard InChI is InChI=1S/C27H22N6O3S/c1-17-23(26(34)29-19-12-14-21(15-13-19)33(35)36)25(30-27(37)28-17)22-16-32(20-10-6-3-7-11-20)31-24(22)18-8-4-2-5-9-18/h2-16,25H,1H3,(H,29,34)(H2,28,30,37). The molecule has 1 aliphatic heterocycles. The molecule has 9 nitrogen and oxygen atoms in total. The number of nitro groups is 1. The molecule has 0 spiro atoms. The van der Waals surface area contributed by atoms with Crippen LogP contribution in [0.15, 0.2) is 102 Å². The SMILES string of the molecule is CC1=C(C(=O)Nc2ccc([N+](=O)[O-])cc2)C(c2cn(-c3ccccc3)nc2-c2ccccc2)NC(=S)N1. The summed E-state index contributed by atoms with van der Waals surface area (Å²) < 4.78 is 1.78. The number of para-hydroxylation sites is 1. The smallest absolute Gasteiger partial charge is 0.269 e. The van der Waals surface area contributed by atoms with E-state index in [-0.39, 0.29) is 11.6 Å². The maximum absolute atomic E-state index is 13.6. The molecule has 37 heavy (non-hydrogen) atoms. The van der Waals surface area contributed by atoms with Crippen molar-refractivity contribution in [3.05, 3.63) is 118 Å². The fourth-order valence-corrected chi connectivity index (χ4v) is 4.50. The van der Waals surface area contributed by atoms with Gasteiger partial charge in [-0.1, -0.05) is 48.5 Å². The molecule has 4 aromatic rings. The van der Waals surface area contributed by atoms with Crippen molar-refractivity contribution in [3.63, 3.8) is 0 Å². The Morgan fingerprint density at radius 2 is 1.68 bits per heavy atom. The lowest BCUT2D eigenvalue weighted by atomic mass is 9.93. The molecule has 1 aliphatic rings. The number of nitrogens with zero attached hydrogens (tertiary/aromatic N) is 3. The van der Waals surface area contributed by atoms with Gasteiger partial charge in [0.1, 0.15) is 0 Å². The number of allylic oxidation sites excluding steroid dienone is 1. The predicted octanol–water partition coefficient (Wildman–Crippen LogP) is 4.88. The van der Waals surface area contributed by atoms with E-state index in [1.807, 2.05) is 66.9 Å². The van der Waals surface area contributed by atoms with Crippen LogP contribution in [0.2, 0.25) is 0 Å². The van der Waals surface area contributed by atoms with Crippen molar-refractivity contribution < 1.29 is 9.72 Å². The van der Waals surface area contributed by atoms with Gasteiger partial charge in [-0.25, -0.2) is 4.68 Å². The van der Waals surface area contributed by atoms with E-state index in [2.05, 4.69) is 16.0 Å². The highest BCUT2D eigenvalue weighted by Crippen LogP contribution is 2.35. The molecule has 1 unspecified atom stereocenters. The van der Waals surface area contributed by atoms with Crippen LogP contribution in [-0.2, 0) is 4.79 Å². The number of rotatable bonds is 6. The molecule has 0 saturated carbocycles. The van der Waals surface area contributed by atoms with Crippen molar-refractivity contribution in [1.29, 1.82) is 0 Å². The summed E-state index contributed by atoms with van der Waals surface area (Å²) in [6, 6.07) is 24.5. The maximum Gasteiger partial charge on any atom is 0.269 e. The highest BCUT2D eigenvalue weighted by atomic mass is 32.1. The zero-order valence-corrected chi connectivity index (χ0v) is 20.5. The summed E-state index contributed by atoms with van der Waals surface area (Å²) in [5.74, 6) is -0.370. The van der Waals surface area contributed by atoms with Crippen LogP contribution in [-0.4, -0.2) is 25.7 Å². The van der Waals surface area contributed by atoms with Gasteiger partial charge in [-0.05, 0) is 43.4 Å². The number of carbonyl (C=O) groups is 1. The van der Waals surface area contributed by atoms with E-state index < -0.39 is 11.0 Å².